The van der Waals surface area contributed by atoms with Crippen molar-refractivity contribution in [1.29, 1.82) is 0 Å². The van der Waals surface area contributed by atoms with Crippen LogP contribution in [0.5, 0.6) is 5.75 Å². The number of anilines is 1. The van der Waals surface area contributed by atoms with Crippen molar-refractivity contribution in [3.05, 3.63) is 40.5 Å². The zero-order chi connectivity index (χ0) is 18.1. The zero-order valence-electron chi connectivity index (χ0n) is 15.3. The summed E-state index contributed by atoms with van der Waals surface area (Å²) in [7, 11) is 1.60. The van der Waals surface area contributed by atoms with Crippen molar-refractivity contribution in [2.75, 3.05) is 32.1 Å². The van der Waals surface area contributed by atoms with Gasteiger partial charge in [0.2, 0.25) is 0 Å². The van der Waals surface area contributed by atoms with E-state index >= 15 is 0 Å². The molecule has 1 aromatic carbocycles. The van der Waals surface area contributed by atoms with Crippen molar-refractivity contribution in [2.45, 2.75) is 31.7 Å². The number of nitrogens with zero attached hydrogens (tertiary/aromatic N) is 2. The predicted molar refractivity (Wildman–Crippen MR) is 102 cm³/mol. The minimum atomic E-state index is -0.364. The molecule has 140 valence electrons. The third-order valence-corrected chi connectivity index (χ3v) is 6.25. The number of likely N-dealkylation sites (tertiary alicyclic amines) is 1. The molecule has 1 N–H and O–H groups in total. The highest BCUT2D eigenvalue weighted by Crippen LogP contribution is 2.43. The Balaban J connectivity index is 1.32. The third-order valence-electron chi connectivity index (χ3n) is 6.25. The van der Waals surface area contributed by atoms with Crippen LogP contribution in [0.4, 0.5) is 11.4 Å². The summed E-state index contributed by atoms with van der Waals surface area (Å²) >= 11 is 0. The van der Waals surface area contributed by atoms with Crippen LogP contribution in [-0.4, -0.2) is 42.6 Å². The zero-order valence-corrected chi connectivity index (χ0v) is 15.3. The van der Waals surface area contributed by atoms with Crippen LogP contribution in [0.3, 0.4) is 0 Å². The molecule has 6 heteroatoms. The van der Waals surface area contributed by atoms with Crippen LogP contribution < -0.4 is 10.1 Å². The lowest BCUT2D eigenvalue weighted by Gasteiger charge is -2.35. The topological polar surface area (TPSA) is 67.6 Å². The van der Waals surface area contributed by atoms with Gasteiger partial charge in [-0.2, -0.15) is 0 Å². The molecule has 4 rings (SSSR count). The number of nitro groups is 1. The number of piperidine rings is 1. The first-order chi connectivity index (χ1) is 12.6. The van der Waals surface area contributed by atoms with Crippen molar-refractivity contribution in [2.24, 2.45) is 17.8 Å². The highest BCUT2D eigenvalue weighted by molar-refractivity contribution is 5.62. The maximum Gasteiger partial charge on any atom is 0.271 e. The van der Waals surface area contributed by atoms with E-state index in [4.69, 9.17) is 4.74 Å². The van der Waals surface area contributed by atoms with Gasteiger partial charge in [0.1, 0.15) is 5.75 Å². The van der Waals surface area contributed by atoms with Crippen LogP contribution in [0, 0.1) is 27.9 Å². The maximum atomic E-state index is 11.0. The lowest BCUT2D eigenvalue weighted by atomic mass is 9.92. The first-order valence-electron chi connectivity index (χ1n) is 9.62. The molecule has 3 aliphatic rings. The van der Waals surface area contributed by atoms with Gasteiger partial charge in [-0.05, 0) is 49.5 Å². The Labute approximate surface area is 154 Å². The van der Waals surface area contributed by atoms with Gasteiger partial charge in [0.15, 0.2) is 0 Å². The minimum absolute atomic E-state index is 0.0927. The lowest BCUT2D eigenvalue weighted by molar-refractivity contribution is -0.384. The number of allylic oxidation sites excluding steroid dienone is 2. The summed E-state index contributed by atoms with van der Waals surface area (Å²) in [6.45, 7) is 3.40. The molecule has 1 saturated carbocycles. The molecule has 2 bridgehead atoms. The van der Waals surface area contributed by atoms with E-state index in [1.54, 1.807) is 19.2 Å². The van der Waals surface area contributed by atoms with E-state index in [0.717, 1.165) is 49.4 Å². The molecule has 0 amide bonds. The Bertz CT molecular complexity index is 698. The number of rotatable bonds is 6. The van der Waals surface area contributed by atoms with Crippen molar-refractivity contribution in [1.82, 2.24) is 4.90 Å². The molecule has 0 unspecified atom stereocenters. The normalized spacial score (nSPS) is 28.4. The average molecular weight is 357 g/mol. The number of nitro benzene ring substituents is 1. The van der Waals surface area contributed by atoms with Crippen LogP contribution in [-0.2, 0) is 0 Å². The van der Waals surface area contributed by atoms with Crippen molar-refractivity contribution >= 4 is 11.4 Å². The molecule has 2 aliphatic carbocycles. The Hall–Kier alpha value is -2.08. The summed E-state index contributed by atoms with van der Waals surface area (Å²) in [6.07, 6.45) is 9.69. The van der Waals surface area contributed by atoms with Gasteiger partial charge in [-0.15, -0.1) is 0 Å². The SMILES string of the molecule is COc1ccc([N+](=O)[O-])cc1NC1CCN(C[C@@H]2C[C@H]3C=C[C@H]2C3)CC1. The number of fused-ring (bicyclic) bond motifs is 2. The van der Waals surface area contributed by atoms with Gasteiger partial charge in [0.05, 0.1) is 17.7 Å². The first-order valence-corrected chi connectivity index (χ1v) is 9.62. The van der Waals surface area contributed by atoms with Crippen LogP contribution in [0.2, 0.25) is 0 Å². The molecular formula is C20H27N3O3. The monoisotopic (exact) mass is 357 g/mol. The van der Waals surface area contributed by atoms with E-state index in [1.165, 1.54) is 25.5 Å². The van der Waals surface area contributed by atoms with Gasteiger partial charge in [0, 0.05) is 37.8 Å². The van der Waals surface area contributed by atoms with Gasteiger partial charge in [0.25, 0.3) is 5.69 Å². The molecule has 0 radical (unpaired) electrons. The molecule has 26 heavy (non-hydrogen) atoms. The van der Waals surface area contributed by atoms with Gasteiger partial charge in [-0.3, -0.25) is 10.1 Å². The maximum absolute atomic E-state index is 11.0. The average Bonchev–Trinajstić information content (AvgIpc) is 3.26. The standard InChI is InChI=1S/C20H27N3O3/c1-26-20-5-4-18(23(24)25)12-19(20)21-17-6-8-22(9-7-17)13-16-11-14-2-3-15(16)10-14/h2-5,12,14-17,21H,6-11,13H2,1H3/t14-,15-,16-/m0/s1. The van der Waals surface area contributed by atoms with E-state index in [9.17, 15) is 10.1 Å². The van der Waals surface area contributed by atoms with E-state index < -0.39 is 0 Å². The van der Waals surface area contributed by atoms with Crippen LogP contribution in [0.15, 0.2) is 30.4 Å². The van der Waals surface area contributed by atoms with Gasteiger partial charge in [-0.1, -0.05) is 12.2 Å². The van der Waals surface area contributed by atoms with Crippen molar-refractivity contribution in [3.63, 3.8) is 0 Å². The van der Waals surface area contributed by atoms with E-state index in [1.807, 2.05) is 0 Å². The number of ether oxygens (including phenoxy) is 1. The number of non-ortho nitro benzene ring substituents is 1. The minimum Gasteiger partial charge on any atom is -0.495 e. The number of methoxy groups -OCH3 is 1. The molecule has 1 saturated heterocycles. The summed E-state index contributed by atoms with van der Waals surface area (Å²) in [5.74, 6) is 3.15. The molecule has 1 heterocycles. The molecule has 6 nitrogen and oxygen atoms in total. The molecular weight excluding hydrogens is 330 g/mol. The highest BCUT2D eigenvalue weighted by atomic mass is 16.6. The third kappa shape index (κ3) is 3.56. The summed E-state index contributed by atoms with van der Waals surface area (Å²) in [5, 5.41) is 14.5. The second kappa shape index (κ2) is 7.27. The molecule has 1 aromatic rings. The van der Waals surface area contributed by atoms with Gasteiger partial charge in [-0.25, -0.2) is 0 Å². The number of hydrogen-bond acceptors (Lipinski definition) is 5. The summed E-state index contributed by atoms with van der Waals surface area (Å²) in [6, 6.07) is 5.06. The summed E-state index contributed by atoms with van der Waals surface area (Å²) in [5.41, 5.74) is 0.813. The summed E-state index contributed by atoms with van der Waals surface area (Å²) < 4.78 is 5.36. The van der Waals surface area contributed by atoms with E-state index in [0.29, 0.717) is 11.8 Å². The van der Waals surface area contributed by atoms with E-state index in [-0.39, 0.29) is 10.6 Å². The Morgan fingerprint density at radius 2 is 2.08 bits per heavy atom. The van der Waals surface area contributed by atoms with Crippen molar-refractivity contribution in [3.8, 4) is 5.75 Å². The van der Waals surface area contributed by atoms with Crippen molar-refractivity contribution < 1.29 is 9.66 Å². The molecule has 3 atom stereocenters. The highest BCUT2D eigenvalue weighted by Gasteiger charge is 2.36. The van der Waals surface area contributed by atoms with Gasteiger partial charge < -0.3 is 15.0 Å². The number of hydrogen-bond donors (Lipinski definition) is 1. The van der Waals surface area contributed by atoms with E-state index in [2.05, 4.69) is 22.4 Å². The Morgan fingerprint density at radius 1 is 1.27 bits per heavy atom. The lowest BCUT2D eigenvalue weighted by Crippen LogP contribution is -2.41. The second-order valence-corrected chi connectivity index (χ2v) is 7.90. The molecule has 1 aliphatic heterocycles. The fourth-order valence-corrected chi connectivity index (χ4v) is 4.84. The molecule has 2 fully saturated rings. The number of nitrogens with one attached hydrogen (secondary N) is 1. The largest absolute Gasteiger partial charge is 0.495 e. The molecule has 0 aromatic heterocycles. The summed E-state index contributed by atoms with van der Waals surface area (Å²) in [4.78, 5) is 13.3. The first kappa shape index (κ1) is 17.3. The van der Waals surface area contributed by atoms with Gasteiger partial charge >= 0.3 is 0 Å². The fourth-order valence-electron chi connectivity index (χ4n) is 4.84. The second-order valence-electron chi connectivity index (χ2n) is 7.90. The quantitative estimate of drug-likeness (QED) is 0.478. The van der Waals surface area contributed by atoms with Crippen LogP contribution in [0.1, 0.15) is 25.7 Å². The fraction of sp³-hybridized carbons (Fsp3) is 0.600. The molecule has 0 spiro atoms. The van der Waals surface area contributed by atoms with Crippen LogP contribution >= 0.6 is 0 Å². The Kier molecular flexibility index (Phi) is 4.85. The predicted octanol–water partition coefficient (Wildman–Crippen LogP) is 3.69. The van der Waals surface area contributed by atoms with Crippen LogP contribution in [0.25, 0.3) is 0 Å². The smallest absolute Gasteiger partial charge is 0.271 e. The number of benzene rings is 1. The Morgan fingerprint density at radius 3 is 2.69 bits per heavy atom.